The van der Waals surface area contributed by atoms with Crippen molar-refractivity contribution in [1.29, 1.82) is 0 Å². The van der Waals surface area contributed by atoms with Gasteiger partial charge in [-0.3, -0.25) is 4.79 Å². The fourth-order valence-electron chi connectivity index (χ4n) is 2.72. The van der Waals surface area contributed by atoms with Crippen molar-refractivity contribution in [1.82, 2.24) is 0 Å². The number of oxime groups is 1. The number of hydrogen-bond donors (Lipinski definition) is 1. The number of rotatable bonds is 4. The van der Waals surface area contributed by atoms with Gasteiger partial charge in [-0.25, -0.2) is 0 Å². The van der Waals surface area contributed by atoms with Gasteiger partial charge in [0.05, 0.1) is 16.4 Å². The van der Waals surface area contributed by atoms with E-state index < -0.39 is 18.2 Å². The number of nitrogens with one attached hydrogen (secondary N) is 1. The summed E-state index contributed by atoms with van der Waals surface area (Å²) in [6, 6.07) is 7.94. The molecular weight excluding hydrogens is 428 g/mol. The Kier molecular flexibility index (Phi) is 5.29. The number of carbonyl (C=O) groups excluding carboxylic acids is 1. The standard InChI is InChI=1S/C17H10Cl3F3N2O2/c18-11-4-10(5-12(19)6-11)16(17(21,22)23)7-15(25-27-16)9-1-2-13(20)14(3-9)24-8-26/h1-6,8H,7H2,(H,24,26). The second-order valence-electron chi connectivity index (χ2n) is 5.75. The number of hydrogen-bond acceptors (Lipinski definition) is 3. The number of halogens is 6. The Morgan fingerprint density at radius 2 is 1.78 bits per heavy atom. The summed E-state index contributed by atoms with van der Waals surface area (Å²) < 4.78 is 41.9. The lowest BCUT2D eigenvalue weighted by Gasteiger charge is -2.29. The molecule has 1 atom stereocenters. The molecule has 10 heteroatoms. The summed E-state index contributed by atoms with van der Waals surface area (Å²) in [5.74, 6) is 0. The van der Waals surface area contributed by atoms with Crippen LogP contribution in [-0.4, -0.2) is 18.3 Å². The number of anilines is 1. The third-order valence-corrected chi connectivity index (χ3v) is 4.79. The molecule has 1 aliphatic rings. The highest BCUT2D eigenvalue weighted by Crippen LogP contribution is 2.49. The van der Waals surface area contributed by atoms with Crippen LogP contribution in [0.3, 0.4) is 0 Å². The molecule has 0 fully saturated rings. The summed E-state index contributed by atoms with van der Waals surface area (Å²) in [6.45, 7) is 0. The van der Waals surface area contributed by atoms with Crippen molar-refractivity contribution < 1.29 is 22.8 Å². The van der Waals surface area contributed by atoms with Crippen LogP contribution in [0, 0.1) is 0 Å². The second kappa shape index (κ2) is 7.22. The Balaban J connectivity index is 2.02. The lowest BCUT2D eigenvalue weighted by molar-refractivity contribution is -0.275. The third kappa shape index (κ3) is 3.72. The van der Waals surface area contributed by atoms with E-state index in [-0.39, 0.29) is 32.0 Å². The molecule has 2 aromatic rings. The van der Waals surface area contributed by atoms with Gasteiger partial charge in [-0.2, -0.15) is 13.2 Å². The van der Waals surface area contributed by atoms with Gasteiger partial charge >= 0.3 is 6.18 Å². The average Bonchev–Trinajstić information content (AvgIpc) is 3.03. The zero-order valence-corrected chi connectivity index (χ0v) is 15.5. The molecule has 1 amide bonds. The summed E-state index contributed by atoms with van der Waals surface area (Å²) in [4.78, 5) is 15.6. The minimum Gasteiger partial charge on any atom is -0.374 e. The van der Waals surface area contributed by atoms with E-state index in [0.29, 0.717) is 12.0 Å². The van der Waals surface area contributed by atoms with E-state index >= 15 is 0 Å². The maximum absolute atomic E-state index is 14.0. The van der Waals surface area contributed by atoms with E-state index in [2.05, 4.69) is 10.5 Å². The molecule has 27 heavy (non-hydrogen) atoms. The van der Waals surface area contributed by atoms with Gasteiger partial charge in [-0.1, -0.05) is 46.0 Å². The molecule has 0 aromatic heterocycles. The highest BCUT2D eigenvalue weighted by Gasteiger charge is 2.62. The van der Waals surface area contributed by atoms with Gasteiger partial charge in [0.1, 0.15) is 0 Å². The Hall–Kier alpha value is -1.96. The van der Waals surface area contributed by atoms with Crippen LogP contribution < -0.4 is 5.32 Å². The number of alkyl halides is 3. The van der Waals surface area contributed by atoms with Crippen molar-refractivity contribution in [2.45, 2.75) is 18.2 Å². The summed E-state index contributed by atoms with van der Waals surface area (Å²) in [7, 11) is 0. The van der Waals surface area contributed by atoms with Crippen LogP contribution in [0.15, 0.2) is 41.6 Å². The van der Waals surface area contributed by atoms with E-state index in [1.807, 2.05) is 0 Å². The van der Waals surface area contributed by atoms with Crippen LogP contribution in [-0.2, 0) is 15.2 Å². The average molecular weight is 438 g/mol. The normalized spacial score (nSPS) is 19.4. The molecule has 4 nitrogen and oxygen atoms in total. The monoisotopic (exact) mass is 436 g/mol. The first kappa shape index (κ1) is 19.8. The predicted octanol–water partition coefficient (Wildman–Crippen LogP) is 5.80. The van der Waals surface area contributed by atoms with E-state index in [1.165, 1.54) is 24.3 Å². The molecule has 3 rings (SSSR count). The molecule has 0 radical (unpaired) electrons. The largest absolute Gasteiger partial charge is 0.435 e. The van der Waals surface area contributed by atoms with Gasteiger partial charge in [0.2, 0.25) is 6.41 Å². The molecule has 1 N–H and O–H groups in total. The molecule has 0 saturated carbocycles. The molecule has 1 unspecified atom stereocenters. The number of benzene rings is 2. The predicted molar refractivity (Wildman–Crippen MR) is 97.6 cm³/mol. The lowest BCUT2D eigenvalue weighted by atomic mass is 9.86. The van der Waals surface area contributed by atoms with Crippen LogP contribution in [0.5, 0.6) is 0 Å². The van der Waals surface area contributed by atoms with E-state index in [1.54, 1.807) is 0 Å². The van der Waals surface area contributed by atoms with E-state index in [4.69, 9.17) is 39.6 Å². The van der Waals surface area contributed by atoms with Crippen LogP contribution in [0.4, 0.5) is 18.9 Å². The van der Waals surface area contributed by atoms with Crippen molar-refractivity contribution in [3.8, 4) is 0 Å². The van der Waals surface area contributed by atoms with Crippen molar-refractivity contribution in [2.75, 3.05) is 5.32 Å². The van der Waals surface area contributed by atoms with Gasteiger partial charge in [0.25, 0.3) is 5.60 Å². The minimum absolute atomic E-state index is 0.0361. The summed E-state index contributed by atoms with van der Waals surface area (Å²) in [5, 5.41) is 6.33. The van der Waals surface area contributed by atoms with Crippen LogP contribution in [0.1, 0.15) is 17.5 Å². The van der Waals surface area contributed by atoms with Crippen molar-refractivity contribution in [2.24, 2.45) is 5.16 Å². The molecule has 0 bridgehead atoms. The number of nitrogens with zero attached hydrogens (tertiary/aromatic N) is 1. The van der Waals surface area contributed by atoms with Crippen LogP contribution >= 0.6 is 34.8 Å². The van der Waals surface area contributed by atoms with E-state index in [0.717, 1.165) is 12.1 Å². The quantitative estimate of drug-likeness (QED) is 0.615. The first-order valence-electron chi connectivity index (χ1n) is 7.45. The molecule has 0 aliphatic carbocycles. The second-order valence-corrected chi connectivity index (χ2v) is 7.03. The van der Waals surface area contributed by atoms with Gasteiger partial charge in [-0.05, 0) is 30.3 Å². The lowest BCUT2D eigenvalue weighted by Crippen LogP contribution is -2.42. The highest BCUT2D eigenvalue weighted by molar-refractivity contribution is 6.35. The maximum atomic E-state index is 14.0. The first-order valence-corrected chi connectivity index (χ1v) is 8.58. The van der Waals surface area contributed by atoms with Crippen molar-refractivity contribution in [3.05, 3.63) is 62.6 Å². The Labute approximate surface area is 166 Å². The minimum atomic E-state index is -4.79. The van der Waals surface area contributed by atoms with Gasteiger partial charge in [-0.15, -0.1) is 0 Å². The van der Waals surface area contributed by atoms with Crippen molar-refractivity contribution >= 4 is 52.6 Å². The Bertz CT molecular complexity index is 914. The van der Waals surface area contributed by atoms with Crippen molar-refractivity contribution in [3.63, 3.8) is 0 Å². The molecule has 2 aromatic carbocycles. The summed E-state index contributed by atoms with van der Waals surface area (Å²) in [6.07, 6.45) is -4.98. The summed E-state index contributed by atoms with van der Waals surface area (Å²) >= 11 is 17.7. The number of amides is 1. The molecule has 0 spiro atoms. The number of carbonyl (C=O) groups is 1. The summed E-state index contributed by atoms with van der Waals surface area (Å²) in [5.41, 5.74) is -2.39. The fourth-order valence-corrected chi connectivity index (χ4v) is 3.42. The molecule has 1 aliphatic heterocycles. The third-order valence-electron chi connectivity index (χ3n) is 4.03. The molecule has 142 valence electrons. The Morgan fingerprint density at radius 3 is 2.37 bits per heavy atom. The zero-order chi connectivity index (χ0) is 19.8. The van der Waals surface area contributed by atoms with E-state index in [9.17, 15) is 18.0 Å². The SMILES string of the molecule is O=CNc1cc(C2=NOC(c3cc(Cl)cc(Cl)c3)(C(F)(F)F)C2)ccc1Cl. The van der Waals surface area contributed by atoms with Crippen LogP contribution in [0.25, 0.3) is 0 Å². The Morgan fingerprint density at radius 1 is 1.11 bits per heavy atom. The highest BCUT2D eigenvalue weighted by atomic mass is 35.5. The topological polar surface area (TPSA) is 50.7 Å². The smallest absolute Gasteiger partial charge is 0.374 e. The first-order chi connectivity index (χ1) is 12.7. The van der Waals surface area contributed by atoms with Gasteiger partial charge in [0.15, 0.2) is 0 Å². The molecule has 1 heterocycles. The van der Waals surface area contributed by atoms with Gasteiger partial charge in [0, 0.05) is 27.6 Å². The zero-order valence-electron chi connectivity index (χ0n) is 13.3. The van der Waals surface area contributed by atoms with Gasteiger partial charge < -0.3 is 10.2 Å². The van der Waals surface area contributed by atoms with Crippen LogP contribution in [0.2, 0.25) is 15.1 Å². The molecular formula is C17H10Cl3F3N2O2. The fraction of sp³-hybridized carbons (Fsp3) is 0.176. The maximum Gasteiger partial charge on any atom is 0.435 e. The molecule has 0 saturated heterocycles.